The monoisotopic (exact) mass is 584 g/mol. The number of benzene rings is 2. The lowest BCUT2D eigenvalue weighted by molar-refractivity contribution is 0.370. The second-order valence-corrected chi connectivity index (χ2v) is 7.50. The molecule has 0 aliphatic carbocycles. The van der Waals surface area contributed by atoms with E-state index in [-0.39, 0.29) is 34.6 Å². The maximum Gasteiger partial charge on any atom is 0.306 e. The van der Waals surface area contributed by atoms with Gasteiger partial charge in [0.05, 0.1) is 7.11 Å². The third-order valence-corrected chi connectivity index (χ3v) is 4.77. The van der Waals surface area contributed by atoms with E-state index in [1.54, 1.807) is 0 Å². The van der Waals surface area contributed by atoms with Crippen LogP contribution in [0.15, 0.2) is 85.0 Å². The minimum absolute atomic E-state index is 0.00922. The first-order valence-electron chi connectivity index (χ1n) is 11.0. The van der Waals surface area contributed by atoms with Crippen molar-refractivity contribution < 1.29 is 54.4 Å². The van der Waals surface area contributed by atoms with Crippen LogP contribution in [-0.2, 0) is 0 Å². The van der Waals surface area contributed by atoms with Gasteiger partial charge in [-0.15, -0.1) is 0 Å². The molecule has 2 aromatic heterocycles. The van der Waals surface area contributed by atoms with Gasteiger partial charge in [-0.05, 0) is 48.5 Å². The Morgan fingerprint density at radius 1 is 0.610 bits per heavy atom. The molecule has 14 heteroatoms. The number of methoxy groups -OCH3 is 1. The molecule has 0 amide bonds. The number of aromatic nitrogens is 2. The highest BCUT2D eigenvalue weighted by atomic mass is 19.3. The first-order chi connectivity index (χ1) is 19.5. The minimum Gasteiger partial charge on any atom is -0.504 e. The predicted molar refractivity (Wildman–Crippen MR) is 130 cm³/mol. The van der Waals surface area contributed by atoms with E-state index in [1.165, 1.54) is 37.4 Å². The lowest BCUT2D eigenvalue weighted by Crippen LogP contribution is -1.94. The fourth-order valence-corrected chi connectivity index (χ4v) is 2.97. The SMILES string of the molecule is COc1cc(C(F)=C(F)F)ccc1Oc1cccc(F)n1.Oc1cc(C(F)=C(F)F)ccc1Oc1cccc(F)n1. The van der Waals surface area contributed by atoms with Crippen molar-refractivity contribution in [3.05, 3.63) is 108 Å². The number of hydrogen-bond acceptors (Lipinski definition) is 6. The second-order valence-electron chi connectivity index (χ2n) is 7.50. The van der Waals surface area contributed by atoms with Gasteiger partial charge in [0.25, 0.3) is 0 Å². The number of rotatable bonds is 7. The zero-order valence-electron chi connectivity index (χ0n) is 20.5. The summed E-state index contributed by atoms with van der Waals surface area (Å²) in [7, 11) is 1.26. The Hall–Kier alpha value is -5.14. The molecule has 0 saturated heterocycles. The molecule has 2 heterocycles. The smallest absolute Gasteiger partial charge is 0.306 e. The zero-order valence-corrected chi connectivity index (χ0v) is 20.5. The summed E-state index contributed by atoms with van der Waals surface area (Å²) < 4.78 is 116. The molecule has 0 aliphatic rings. The first-order valence-corrected chi connectivity index (χ1v) is 11.0. The molecule has 2 aromatic carbocycles. The Kier molecular flexibility index (Phi) is 10.2. The van der Waals surface area contributed by atoms with E-state index in [9.17, 15) is 40.2 Å². The molecule has 41 heavy (non-hydrogen) atoms. The summed E-state index contributed by atoms with van der Waals surface area (Å²) in [6.45, 7) is 0. The van der Waals surface area contributed by atoms with Crippen LogP contribution in [0.4, 0.5) is 35.1 Å². The van der Waals surface area contributed by atoms with Crippen LogP contribution in [0.3, 0.4) is 0 Å². The molecule has 0 aliphatic heterocycles. The summed E-state index contributed by atoms with van der Waals surface area (Å²) in [5, 5.41) is 9.57. The van der Waals surface area contributed by atoms with Gasteiger partial charge in [0.1, 0.15) is 0 Å². The van der Waals surface area contributed by atoms with E-state index in [4.69, 9.17) is 14.2 Å². The summed E-state index contributed by atoms with van der Waals surface area (Å²) in [5.41, 5.74) is -0.853. The van der Waals surface area contributed by atoms with Gasteiger partial charge >= 0.3 is 12.2 Å². The first kappa shape index (κ1) is 30.4. The number of phenols is 1. The molecule has 0 spiro atoms. The van der Waals surface area contributed by atoms with Gasteiger partial charge in [-0.25, -0.2) is 8.78 Å². The third-order valence-electron chi connectivity index (χ3n) is 4.77. The fraction of sp³-hybridized carbons (Fsp3) is 0.0370. The molecule has 0 atom stereocenters. The van der Waals surface area contributed by atoms with E-state index < -0.39 is 47.0 Å². The van der Waals surface area contributed by atoms with Gasteiger partial charge in [0.2, 0.25) is 23.7 Å². The van der Waals surface area contributed by atoms with Crippen LogP contribution in [0.2, 0.25) is 0 Å². The maximum atomic E-state index is 13.2. The van der Waals surface area contributed by atoms with Crippen molar-refractivity contribution in [1.29, 1.82) is 0 Å². The van der Waals surface area contributed by atoms with Gasteiger partial charge in [-0.2, -0.15) is 36.3 Å². The maximum absolute atomic E-state index is 13.2. The van der Waals surface area contributed by atoms with Crippen LogP contribution in [-0.4, -0.2) is 22.2 Å². The van der Waals surface area contributed by atoms with Crippen LogP contribution in [0, 0.1) is 11.9 Å². The Morgan fingerprint density at radius 2 is 1.07 bits per heavy atom. The fourth-order valence-electron chi connectivity index (χ4n) is 2.97. The highest BCUT2D eigenvalue weighted by Crippen LogP contribution is 2.36. The van der Waals surface area contributed by atoms with Crippen molar-refractivity contribution in [2.24, 2.45) is 0 Å². The van der Waals surface area contributed by atoms with Crippen LogP contribution in [0.1, 0.15) is 11.1 Å². The van der Waals surface area contributed by atoms with Gasteiger partial charge in [0.15, 0.2) is 34.7 Å². The second kappa shape index (κ2) is 13.8. The normalized spacial score (nSPS) is 10.2. The summed E-state index contributed by atoms with van der Waals surface area (Å²) in [5.74, 6) is -5.75. The van der Waals surface area contributed by atoms with Crippen molar-refractivity contribution >= 4 is 11.7 Å². The summed E-state index contributed by atoms with van der Waals surface area (Å²) in [6, 6.07) is 13.9. The van der Waals surface area contributed by atoms with Gasteiger partial charge < -0.3 is 19.3 Å². The summed E-state index contributed by atoms with van der Waals surface area (Å²) >= 11 is 0. The average Bonchev–Trinajstić information content (AvgIpc) is 2.94. The van der Waals surface area contributed by atoms with Crippen molar-refractivity contribution in [3.8, 4) is 34.8 Å². The number of phenolic OH excluding ortho intramolecular Hbond substituents is 1. The number of nitrogens with zero attached hydrogens (tertiary/aromatic N) is 2. The van der Waals surface area contributed by atoms with Gasteiger partial charge in [0, 0.05) is 23.3 Å². The third kappa shape index (κ3) is 8.42. The Balaban J connectivity index is 0.000000226. The van der Waals surface area contributed by atoms with Crippen molar-refractivity contribution in [2.75, 3.05) is 7.11 Å². The largest absolute Gasteiger partial charge is 0.504 e. The van der Waals surface area contributed by atoms with Crippen LogP contribution >= 0.6 is 0 Å². The molecule has 6 nitrogen and oxygen atoms in total. The number of aromatic hydroxyl groups is 1. The van der Waals surface area contributed by atoms with Crippen molar-refractivity contribution in [1.82, 2.24) is 9.97 Å². The molecular formula is C27H16F8N2O4. The molecule has 214 valence electrons. The average molecular weight is 584 g/mol. The number of ether oxygens (including phenoxy) is 3. The molecule has 4 rings (SSSR count). The predicted octanol–water partition coefficient (Wildman–Crippen LogP) is 8.81. The number of hydrogen-bond donors (Lipinski definition) is 1. The quantitative estimate of drug-likeness (QED) is 0.173. The highest BCUT2D eigenvalue weighted by molar-refractivity contribution is 5.64. The van der Waals surface area contributed by atoms with Crippen LogP contribution < -0.4 is 14.2 Å². The van der Waals surface area contributed by atoms with Crippen LogP contribution in [0.25, 0.3) is 11.7 Å². The molecule has 0 radical (unpaired) electrons. The summed E-state index contributed by atoms with van der Waals surface area (Å²) in [4.78, 5) is 6.87. The van der Waals surface area contributed by atoms with Crippen molar-refractivity contribution in [3.63, 3.8) is 0 Å². The van der Waals surface area contributed by atoms with E-state index in [0.29, 0.717) is 0 Å². The lowest BCUT2D eigenvalue weighted by Gasteiger charge is -2.10. The van der Waals surface area contributed by atoms with E-state index in [0.717, 1.165) is 42.5 Å². The number of pyridine rings is 2. The Bertz CT molecular complexity index is 1590. The highest BCUT2D eigenvalue weighted by Gasteiger charge is 2.15. The minimum atomic E-state index is -2.50. The van der Waals surface area contributed by atoms with Crippen LogP contribution in [0.5, 0.6) is 34.8 Å². The molecular weight excluding hydrogens is 568 g/mol. The number of halogens is 8. The standard InChI is InChI=1S/C14H9F4NO2.C13H7F4NO2/c1-20-10-7-8(13(16)14(17)18)5-6-9(10)21-12-4-2-3-11(15)19-12;14-10-2-1-3-11(18-10)20-9-5-4-7(6-8(9)19)12(15)13(16)17/h2-7H,1H3;1-6,19H. The van der Waals surface area contributed by atoms with E-state index in [2.05, 4.69) is 9.97 Å². The Morgan fingerprint density at radius 3 is 1.51 bits per heavy atom. The molecule has 0 saturated carbocycles. The molecule has 1 N–H and O–H groups in total. The topological polar surface area (TPSA) is 73.7 Å². The zero-order chi connectivity index (χ0) is 30.1. The van der Waals surface area contributed by atoms with E-state index in [1.807, 2.05) is 0 Å². The molecule has 0 unspecified atom stereocenters. The van der Waals surface area contributed by atoms with Gasteiger partial charge in [-0.3, -0.25) is 0 Å². The van der Waals surface area contributed by atoms with E-state index >= 15 is 0 Å². The lowest BCUT2D eigenvalue weighted by atomic mass is 10.2. The van der Waals surface area contributed by atoms with Crippen molar-refractivity contribution in [2.45, 2.75) is 0 Å². The summed E-state index contributed by atoms with van der Waals surface area (Å²) in [6.07, 6.45) is -4.93. The molecule has 0 fully saturated rings. The molecule has 0 bridgehead atoms. The molecule has 4 aromatic rings. The Labute approximate surface area is 226 Å². The van der Waals surface area contributed by atoms with Gasteiger partial charge in [-0.1, -0.05) is 12.1 Å².